The summed E-state index contributed by atoms with van der Waals surface area (Å²) in [4.78, 5) is 23.1. The van der Waals surface area contributed by atoms with Crippen LogP contribution >= 0.6 is 0 Å². The topological polar surface area (TPSA) is 97.8 Å². The molecule has 5 fully saturated rings. The molecule has 8 nitrogen and oxygen atoms in total. The Labute approximate surface area is 198 Å². The van der Waals surface area contributed by atoms with Crippen LogP contribution in [0, 0.1) is 34.5 Å². The van der Waals surface area contributed by atoms with E-state index in [1.165, 1.54) is 6.42 Å². The molecular weight excluding hydrogens is 428 g/mol. The minimum atomic E-state index is -0.323. The number of nitriles is 1. The van der Waals surface area contributed by atoms with Gasteiger partial charge >= 0.3 is 5.69 Å². The molecule has 0 spiro atoms. The van der Waals surface area contributed by atoms with E-state index in [9.17, 15) is 10.1 Å². The Morgan fingerprint density at radius 3 is 2.79 bits per heavy atom. The monoisotopic (exact) mass is 458 g/mol. The lowest BCUT2D eigenvalue weighted by Crippen LogP contribution is -2.58. The van der Waals surface area contributed by atoms with Crippen LogP contribution in [-0.4, -0.2) is 31.8 Å². The third kappa shape index (κ3) is 2.76. The number of allylic oxidation sites excluding steroid dienone is 1. The molecule has 6 aliphatic rings. The Balaban J connectivity index is 1.32. The zero-order valence-corrected chi connectivity index (χ0v) is 19.8. The van der Waals surface area contributed by atoms with Gasteiger partial charge in [-0.1, -0.05) is 12.2 Å². The van der Waals surface area contributed by atoms with E-state index < -0.39 is 0 Å². The van der Waals surface area contributed by atoms with Gasteiger partial charge in [-0.3, -0.25) is 9.13 Å². The number of anilines is 1. The van der Waals surface area contributed by atoms with Gasteiger partial charge in [-0.25, -0.2) is 9.78 Å². The molecule has 1 N–H and O–H groups in total. The minimum absolute atomic E-state index is 0.0459. The highest BCUT2D eigenvalue weighted by Gasteiger charge is 2.59. The fourth-order valence-electron chi connectivity index (χ4n) is 8.13. The summed E-state index contributed by atoms with van der Waals surface area (Å²) in [5.74, 6) is 1.91. The van der Waals surface area contributed by atoms with Crippen molar-refractivity contribution in [2.75, 3.05) is 11.9 Å². The van der Waals surface area contributed by atoms with Gasteiger partial charge < -0.3 is 10.1 Å². The first-order valence-corrected chi connectivity index (χ1v) is 12.5. The molecule has 2 aromatic rings. The van der Waals surface area contributed by atoms with E-state index in [0.29, 0.717) is 29.3 Å². The lowest BCUT2D eigenvalue weighted by molar-refractivity contribution is -0.0746. The Kier molecular flexibility index (Phi) is 4.10. The Bertz CT molecular complexity index is 1360. The van der Waals surface area contributed by atoms with E-state index >= 15 is 0 Å². The molecule has 1 aliphatic heterocycles. The molecule has 8 rings (SSSR count). The van der Waals surface area contributed by atoms with E-state index in [0.717, 1.165) is 61.9 Å². The van der Waals surface area contributed by atoms with E-state index in [1.807, 2.05) is 4.57 Å². The van der Waals surface area contributed by atoms with Crippen LogP contribution in [0.3, 0.4) is 0 Å². The second-order valence-corrected chi connectivity index (χ2v) is 11.5. The van der Waals surface area contributed by atoms with Crippen LogP contribution in [0.15, 0.2) is 34.4 Å². The summed E-state index contributed by atoms with van der Waals surface area (Å²) in [6.45, 7) is 2.86. The smallest absolute Gasteiger partial charge is 0.330 e. The second-order valence-electron chi connectivity index (χ2n) is 11.5. The summed E-state index contributed by atoms with van der Waals surface area (Å²) in [6.07, 6.45) is 13.2. The number of ether oxygens (including phenoxy) is 1. The predicted octanol–water partition coefficient (Wildman–Crippen LogP) is 3.61. The average molecular weight is 459 g/mol. The SMILES string of the molecule is CC1=CC2OCCC2C=C1Nc1ncc2c(n1)n(C13CC4CC(CC(C#N)(C4)C1)C3)c(=O)n2C. The van der Waals surface area contributed by atoms with Gasteiger partial charge in [0.15, 0.2) is 5.65 Å². The maximum atomic E-state index is 13.6. The van der Waals surface area contributed by atoms with Crippen molar-refractivity contribution in [2.45, 2.75) is 63.5 Å². The molecular formula is C26H30N6O2. The van der Waals surface area contributed by atoms with E-state index in [4.69, 9.17) is 9.72 Å². The third-order valence-corrected chi connectivity index (χ3v) is 9.19. The Morgan fingerprint density at radius 1 is 1.24 bits per heavy atom. The lowest BCUT2D eigenvalue weighted by Gasteiger charge is -2.59. The molecule has 2 aromatic heterocycles. The van der Waals surface area contributed by atoms with Gasteiger partial charge in [0.25, 0.3) is 0 Å². The molecule has 176 valence electrons. The van der Waals surface area contributed by atoms with Crippen molar-refractivity contribution >= 4 is 17.1 Å². The van der Waals surface area contributed by atoms with Gasteiger partial charge in [0.1, 0.15) is 5.52 Å². The molecule has 4 unspecified atom stereocenters. The van der Waals surface area contributed by atoms with Gasteiger partial charge in [0, 0.05) is 25.3 Å². The van der Waals surface area contributed by atoms with Gasteiger partial charge in [0.05, 0.1) is 29.3 Å². The van der Waals surface area contributed by atoms with E-state index in [2.05, 4.69) is 35.4 Å². The highest BCUT2D eigenvalue weighted by atomic mass is 16.5. The molecule has 0 radical (unpaired) electrons. The van der Waals surface area contributed by atoms with Gasteiger partial charge in [-0.2, -0.15) is 10.2 Å². The maximum absolute atomic E-state index is 13.6. The molecule has 34 heavy (non-hydrogen) atoms. The number of rotatable bonds is 3. The number of aryl methyl sites for hydroxylation is 1. The molecule has 8 heteroatoms. The normalized spacial score (nSPS) is 37.9. The molecule has 5 aliphatic carbocycles. The summed E-state index contributed by atoms with van der Waals surface area (Å²) in [6, 6.07) is 2.68. The fourth-order valence-corrected chi connectivity index (χ4v) is 8.13. The Hall–Kier alpha value is -2.92. The number of hydrogen-bond acceptors (Lipinski definition) is 6. The molecule has 4 bridgehead atoms. The highest BCUT2D eigenvalue weighted by molar-refractivity contribution is 5.73. The third-order valence-electron chi connectivity index (χ3n) is 9.19. The predicted molar refractivity (Wildman–Crippen MR) is 127 cm³/mol. The number of imidazole rings is 1. The zero-order valence-electron chi connectivity index (χ0n) is 19.8. The summed E-state index contributed by atoms with van der Waals surface area (Å²) in [5, 5.41) is 13.5. The van der Waals surface area contributed by atoms with Crippen molar-refractivity contribution in [1.29, 1.82) is 5.26 Å². The van der Waals surface area contributed by atoms with Crippen molar-refractivity contribution in [2.24, 2.45) is 30.2 Å². The van der Waals surface area contributed by atoms with Gasteiger partial charge in [0.2, 0.25) is 5.95 Å². The minimum Gasteiger partial charge on any atom is -0.373 e. The van der Waals surface area contributed by atoms with Crippen molar-refractivity contribution in [3.63, 3.8) is 0 Å². The van der Waals surface area contributed by atoms with Crippen LogP contribution in [0.5, 0.6) is 0 Å². The van der Waals surface area contributed by atoms with Crippen LogP contribution in [-0.2, 0) is 17.3 Å². The Morgan fingerprint density at radius 2 is 2.03 bits per heavy atom. The zero-order chi connectivity index (χ0) is 23.2. The molecule has 3 heterocycles. The van der Waals surface area contributed by atoms with Crippen molar-refractivity contribution in [1.82, 2.24) is 19.1 Å². The number of nitrogens with one attached hydrogen (secondary N) is 1. The quantitative estimate of drug-likeness (QED) is 0.755. The highest BCUT2D eigenvalue weighted by Crippen LogP contribution is 2.64. The molecule has 4 atom stereocenters. The first-order chi connectivity index (χ1) is 16.4. The van der Waals surface area contributed by atoms with Gasteiger partial charge in [-0.05, 0) is 69.3 Å². The molecule has 1 saturated heterocycles. The summed E-state index contributed by atoms with van der Waals surface area (Å²) in [7, 11) is 1.80. The van der Waals surface area contributed by atoms with E-state index in [-0.39, 0.29) is 22.7 Å². The van der Waals surface area contributed by atoms with Crippen LogP contribution in [0.2, 0.25) is 0 Å². The number of fused-ring (bicyclic) bond motifs is 2. The summed E-state index contributed by atoms with van der Waals surface area (Å²) in [5.41, 5.74) is 2.88. The lowest BCUT2D eigenvalue weighted by atomic mass is 9.47. The first-order valence-electron chi connectivity index (χ1n) is 12.5. The standard InChI is InChI=1S/C26H30N6O2/c1-15-5-21-18(3-4-34-21)7-19(15)29-23-28-12-20-22(30-23)32(24(33)31(20)2)26-10-16-6-17(11-26)9-25(8-16,13-26)14-27/h5,7,12,16-18,21H,3-4,6,8-11,13H2,1-2H3,(H,28,29,30). The number of nitrogens with zero attached hydrogens (tertiary/aromatic N) is 5. The second kappa shape index (κ2) is 6.82. The van der Waals surface area contributed by atoms with Crippen LogP contribution in [0.4, 0.5) is 5.95 Å². The van der Waals surface area contributed by atoms with Crippen molar-refractivity contribution in [3.05, 3.63) is 40.1 Å². The fraction of sp³-hybridized carbons (Fsp3) is 0.615. The number of aromatic nitrogens is 4. The molecule has 4 saturated carbocycles. The van der Waals surface area contributed by atoms with Crippen LogP contribution in [0.1, 0.15) is 51.9 Å². The summed E-state index contributed by atoms with van der Waals surface area (Å²) >= 11 is 0. The molecule has 0 amide bonds. The first kappa shape index (κ1) is 20.5. The van der Waals surface area contributed by atoms with Gasteiger partial charge in [-0.15, -0.1) is 0 Å². The maximum Gasteiger partial charge on any atom is 0.330 e. The van der Waals surface area contributed by atoms with Crippen molar-refractivity contribution < 1.29 is 4.74 Å². The largest absolute Gasteiger partial charge is 0.373 e. The van der Waals surface area contributed by atoms with Crippen LogP contribution in [0.25, 0.3) is 11.2 Å². The molecule has 0 aromatic carbocycles. The van der Waals surface area contributed by atoms with Crippen LogP contribution < -0.4 is 11.0 Å². The van der Waals surface area contributed by atoms with E-state index in [1.54, 1.807) is 17.8 Å². The average Bonchev–Trinajstić information content (AvgIpc) is 3.35. The van der Waals surface area contributed by atoms with Crippen molar-refractivity contribution in [3.8, 4) is 6.07 Å². The summed E-state index contributed by atoms with van der Waals surface area (Å²) < 4.78 is 9.42. The number of hydrogen-bond donors (Lipinski definition) is 1.